The maximum Gasteiger partial charge on any atom is 0.340 e. The van der Waals surface area contributed by atoms with Gasteiger partial charge in [0, 0.05) is 17.8 Å². The van der Waals surface area contributed by atoms with Gasteiger partial charge in [0.1, 0.15) is 5.76 Å². The van der Waals surface area contributed by atoms with Crippen LogP contribution in [0.15, 0.2) is 44.2 Å². The van der Waals surface area contributed by atoms with E-state index in [1.54, 1.807) is 25.3 Å². The molecule has 1 unspecified atom stereocenters. The molecule has 0 aliphatic heterocycles. The van der Waals surface area contributed by atoms with Crippen LogP contribution < -0.4 is 20.4 Å². The van der Waals surface area contributed by atoms with E-state index in [2.05, 4.69) is 5.32 Å². The highest BCUT2D eigenvalue weighted by Crippen LogP contribution is 2.36. The van der Waals surface area contributed by atoms with Crippen molar-refractivity contribution >= 4 is 16.9 Å². The van der Waals surface area contributed by atoms with E-state index in [0.717, 1.165) is 18.6 Å². The minimum atomic E-state index is -0.556. The van der Waals surface area contributed by atoms with Gasteiger partial charge in [-0.15, -0.1) is 0 Å². The number of nitrogens with one attached hydrogen (secondary N) is 1. The van der Waals surface area contributed by atoms with Crippen molar-refractivity contribution in [2.24, 2.45) is 0 Å². The standard InChI is InChI=1S/C22H25NO6/c1-13(7-8-15-6-5-11-28-15)23-19(24)12-17-14(2)16-9-10-18(26-3)21(27-4)20(16)29-22(17)25/h5-6,9-11,13H,7-8,12H2,1-4H3,(H,23,24). The summed E-state index contributed by atoms with van der Waals surface area (Å²) in [5.74, 6) is 1.47. The number of hydrogen-bond donors (Lipinski definition) is 1. The van der Waals surface area contributed by atoms with E-state index < -0.39 is 5.63 Å². The Labute approximate surface area is 168 Å². The highest BCUT2D eigenvalue weighted by molar-refractivity contribution is 5.89. The molecule has 29 heavy (non-hydrogen) atoms. The second-order valence-electron chi connectivity index (χ2n) is 6.93. The van der Waals surface area contributed by atoms with Crippen molar-refractivity contribution in [3.05, 3.63) is 57.8 Å². The van der Waals surface area contributed by atoms with Gasteiger partial charge < -0.3 is 23.6 Å². The molecule has 0 aliphatic rings. The monoisotopic (exact) mass is 399 g/mol. The van der Waals surface area contributed by atoms with Gasteiger partial charge >= 0.3 is 5.63 Å². The number of furan rings is 1. The molecule has 0 aliphatic carbocycles. The first-order valence-electron chi connectivity index (χ1n) is 9.43. The number of ether oxygens (including phenoxy) is 2. The van der Waals surface area contributed by atoms with Crippen LogP contribution in [0.25, 0.3) is 11.0 Å². The first-order valence-corrected chi connectivity index (χ1v) is 9.43. The zero-order valence-electron chi connectivity index (χ0n) is 17.0. The van der Waals surface area contributed by atoms with Crippen molar-refractivity contribution in [2.45, 2.75) is 39.2 Å². The Bertz CT molecular complexity index is 1050. The summed E-state index contributed by atoms with van der Waals surface area (Å²) >= 11 is 0. The van der Waals surface area contributed by atoms with E-state index >= 15 is 0 Å². The molecule has 1 atom stereocenters. The number of hydrogen-bond acceptors (Lipinski definition) is 6. The van der Waals surface area contributed by atoms with E-state index in [1.807, 2.05) is 19.1 Å². The Morgan fingerprint density at radius 1 is 1.21 bits per heavy atom. The quantitative estimate of drug-likeness (QED) is 0.584. The zero-order valence-corrected chi connectivity index (χ0v) is 17.0. The summed E-state index contributed by atoms with van der Waals surface area (Å²) in [6.07, 6.45) is 3.04. The van der Waals surface area contributed by atoms with Crippen molar-refractivity contribution in [1.29, 1.82) is 0 Å². The third kappa shape index (κ3) is 4.45. The second-order valence-corrected chi connectivity index (χ2v) is 6.93. The number of fused-ring (bicyclic) bond motifs is 1. The molecule has 3 aromatic rings. The van der Waals surface area contributed by atoms with Gasteiger partial charge in [-0.05, 0) is 50.1 Å². The van der Waals surface area contributed by atoms with Crippen molar-refractivity contribution in [3.63, 3.8) is 0 Å². The van der Waals surface area contributed by atoms with Crippen LogP contribution in [0.2, 0.25) is 0 Å². The Hall–Kier alpha value is -3.22. The fourth-order valence-corrected chi connectivity index (χ4v) is 3.34. The molecule has 0 saturated carbocycles. The SMILES string of the molecule is COc1ccc2c(C)c(CC(=O)NC(C)CCc3ccco3)c(=O)oc2c1OC. The number of carbonyl (C=O) groups is 1. The summed E-state index contributed by atoms with van der Waals surface area (Å²) in [5, 5.41) is 3.63. The van der Waals surface area contributed by atoms with Crippen LogP contribution in [0.3, 0.4) is 0 Å². The maximum atomic E-state index is 12.6. The van der Waals surface area contributed by atoms with Crippen molar-refractivity contribution in [1.82, 2.24) is 5.32 Å². The molecule has 0 bridgehead atoms. The van der Waals surface area contributed by atoms with E-state index in [1.165, 1.54) is 14.2 Å². The average Bonchev–Trinajstić information content (AvgIpc) is 3.22. The fraction of sp³-hybridized carbons (Fsp3) is 0.364. The highest BCUT2D eigenvalue weighted by atomic mass is 16.5. The molecule has 3 rings (SSSR count). The summed E-state index contributed by atoms with van der Waals surface area (Å²) in [6.45, 7) is 3.72. The van der Waals surface area contributed by atoms with Crippen LogP contribution in [-0.2, 0) is 17.6 Å². The van der Waals surface area contributed by atoms with Crippen molar-refractivity contribution in [3.8, 4) is 11.5 Å². The third-order valence-electron chi connectivity index (χ3n) is 4.95. The van der Waals surface area contributed by atoms with Crippen LogP contribution in [-0.4, -0.2) is 26.2 Å². The summed E-state index contributed by atoms with van der Waals surface area (Å²) in [6, 6.07) is 7.23. The first kappa shape index (κ1) is 20.5. The summed E-state index contributed by atoms with van der Waals surface area (Å²) < 4.78 is 21.4. The summed E-state index contributed by atoms with van der Waals surface area (Å²) in [7, 11) is 3.00. The van der Waals surface area contributed by atoms with E-state index in [0.29, 0.717) is 33.6 Å². The molecule has 7 heteroatoms. The highest BCUT2D eigenvalue weighted by Gasteiger charge is 2.20. The summed E-state index contributed by atoms with van der Waals surface area (Å²) in [5.41, 5.74) is 0.779. The molecule has 2 heterocycles. The lowest BCUT2D eigenvalue weighted by Gasteiger charge is -2.15. The normalized spacial score (nSPS) is 12.0. The third-order valence-corrected chi connectivity index (χ3v) is 4.95. The van der Waals surface area contributed by atoms with Gasteiger partial charge in [-0.3, -0.25) is 4.79 Å². The Kier molecular flexibility index (Phi) is 6.26. The minimum absolute atomic E-state index is 0.0511. The molecule has 0 spiro atoms. The van der Waals surface area contributed by atoms with Gasteiger partial charge in [-0.2, -0.15) is 0 Å². The summed E-state index contributed by atoms with van der Waals surface area (Å²) in [4.78, 5) is 25.1. The number of amides is 1. The van der Waals surface area contributed by atoms with E-state index in [9.17, 15) is 9.59 Å². The van der Waals surface area contributed by atoms with Gasteiger partial charge in [0.25, 0.3) is 0 Å². The lowest BCUT2D eigenvalue weighted by atomic mass is 10.0. The Balaban J connectivity index is 1.77. The van der Waals surface area contributed by atoms with Crippen LogP contribution in [0.5, 0.6) is 11.5 Å². The number of aryl methyl sites for hydroxylation is 2. The molecule has 0 fully saturated rings. The average molecular weight is 399 g/mol. The molecule has 0 saturated heterocycles. The number of benzene rings is 1. The zero-order chi connectivity index (χ0) is 21.0. The molecular weight excluding hydrogens is 374 g/mol. The topological polar surface area (TPSA) is 90.9 Å². The van der Waals surface area contributed by atoms with Gasteiger partial charge in [0.15, 0.2) is 11.3 Å². The van der Waals surface area contributed by atoms with Crippen LogP contribution in [0.1, 0.15) is 30.2 Å². The Morgan fingerprint density at radius 3 is 2.66 bits per heavy atom. The van der Waals surface area contributed by atoms with Crippen LogP contribution in [0, 0.1) is 6.92 Å². The molecule has 7 nitrogen and oxygen atoms in total. The van der Waals surface area contributed by atoms with Crippen molar-refractivity contribution in [2.75, 3.05) is 14.2 Å². The smallest absolute Gasteiger partial charge is 0.340 e. The maximum absolute atomic E-state index is 12.6. The second kappa shape index (κ2) is 8.86. The lowest BCUT2D eigenvalue weighted by molar-refractivity contribution is -0.121. The fourth-order valence-electron chi connectivity index (χ4n) is 3.34. The molecule has 0 radical (unpaired) electrons. The van der Waals surface area contributed by atoms with Gasteiger partial charge in [0.05, 0.1) is 32.5 Å². The van der Waals surface area contributed by atoms with Gasteiger partial charge in [-0.25, -0.2) is 4.79 Å². The first-order chi connectivity index (χ1) is 13.9. The largest absolute Gasteiger partial charge is 0.493 e. The van der Waals surface area contributed by atoms with Crippen LogP contribution >= 0.6 is 0 Å². The predicted octanol–water partition coefficient (Wildman–Crippen LogP) is 3.39. The number of methoxy groups -OCH3 is 2. The molecule has 1 amide bonds. The number of rotatable bonds is 8. The van der Waals surface area contributed by atoms with Crippen LogP contribution in [0.4, 0.5) is 0 Å². The Morgan fingerprint density at radius 2 is 2.00 bits per heavy atom. The molecular formula is C22H25NO6. The van der Waals surface area contributed by atoms with Gasteiger partial charge in [0.2, 0.25) is 11.7 Å². The molecule has 1 aromatic carbocycles. The predicted molar refractivity (Wildman–Crippen MR) is 109 cm³/mol. The number of carbonyl (C=O) groups excluding carboxylic acids is 1. The molecule has 2 aromatic heterocycles. The molecule has 154 valence electrons. The molecule has 1 N–H and O–H groups in total. The van der Waals surface area contributed by atoms with E-state index in [4.69, 9.17) is 18.3 Å². The lowest BCUT2D eigenvalue weighted by Crippen LogP contribution is -2.35. The van der Waals surface area contributed by atoms with Crippen molar-refractivity contribution < 1.29 is 23.1 Å². The van der Waals surface area contributed by atoms with Gasteiger partial charge in [-0.1, -0.05) is 0 Å². The van der Waals surface area contributed by atoms with E-state index in [-0.39, 0.29) is 18.4 Å². The minimum Gasteiger partial charge on any atom is -0.493 e.